The fraction of sp³-hybridized carbons (Fsp3) is 0.667. The summed E-state index contributed by atoms with van der Waals surface area (Å²) in [5.41, 5.74) is 0.458. The molecule has 10 heteroatoms. The van der Waals surface area contributed by atoms with Crippen LogP contribution < -0.4 is 5.32 Å². The molecule has 2 heterocycles. The minimum absolute atomic E-state index is 0.0997. The predicted molar refractivity (Wildman–Crippen MR) is 109 cm³/mol. The zero-order valence-electron chi connectivity index (χ0n) is 16.1. The lowest BCUT2D eigenvalue weighted by Gasteiger charge is -2.38. The van der Waals surface area contributed by atoms with Crippen molar-refractivity contribution in [2.75, 3.05) is 45.1 Å². The Bertz CT molecular complexity index is 819. The third-order valence-corrected chi connectivity index (χ3v) is 8.39. The number of nitriles is 1. The van der Waals surface area contributed by atoms with Crippen LogP contribution in [0.3, 0.4) is 0 Å². The highest BCUT2D eigenvalue weighted by Gasteiger charge is 2.34. The maximum absolute atomic E-state index is 12.9. The Morgan fingerprint density at radius 2 is 1.96 bits per heavy atom. The number of rotatable bonds is 6. The fourth-order valence-corrected chi connectivity index (χ4v) is 6.13. The molecule has 0 aromatic carbocycles. The van der Waals surface area contributed by atoms with Gasteiger partial charge in [-0.15, -0.1) is 11.3 Å². The van der Waals surface area contributed by atoms with Crippen molar-refractivity contribution in [3.63, 3.8) is 0 Å². The standard InChI is InChI=1S/C18H27N5O3S2/c1-21(16-5-3-2-4-6-16)28(25,26)23-10-8-22(9-11-23)14-17(24)20-18-15(13-19)7-12-27-18/h7,12,16H,2-6,8-11,14H2,1H3,(H,20,24). The summed E-state index contributed by atoms with van der Waals surface area (Å²) in [7, 11) is -1.77. The second-order valence-corrected chi connectivity index (χ2v) is 10.2. The van der Waals surface area contributed by atoms with E-state index in [9.17, 15) is 13.2 Å². The highest BCUT2D eigenvalue weighted by atomic mass is 32.2. The van der Waals surface area contributed by atoms with Gasteiger partial charge >= 0.3 is 0 Å². The minimum atomic E-state index is -3.46. The highest BCUT2D eigenvalue weighted by molar-refractivity contribution is 7.86. The summed E-state index contributed by atoms with van der Waals surface area (Å²) < 4.78 is 28.9. The Morgan fingerprint density at radius 1 is 1.29 bits per heavy atom. The first-order valence-corrected chi connectivity index (χ1v) is 11.9. The summed E-state index contributed by atoms with van der Waals surface area (Å²) in [6, 6.07) is 3.82. The summed E-state index contributed by atoms with van der Waals surface area (Å²) in [4.78, 5) is 14.2. The van der Waals surface area contributed by atoms with Gasteiger partial charge in [-0.2, -0.15) is 22.3 Å². The smallest absolute Gasteiger partial charge is 0.282 e. The molecule has 0 spiro atoms. The van der Waals surface area contributed by atoms with Crippen LogP contribution >= 0.6 is 11.3 Å². The van der Waals surface area contributed by atoms with Gasteiger partial charge in [0, 0.05) is 39.3 Å². The van der Waals surface area contributed by atoms with Crippen molar-refractivity contribution in [1.82, 2.24) is 13.5 Å². The molecule has 0 atom stereocenters. The van der Waals surface area contributed by atoms with E-state index in [0.29, 0.717) is 36.7 Å². The molecule has 154 valence electrons. The zero-order valence-corrected chi connectivity index (χ0v) is 17.8. The van der Waals surface area contributed by atoms with E-state index in [1.54, 1.807) is 22.8 Å². The molecular weight excluding hydrogens is 398 g/mol. The molecule has 3 rings (SSSR count). The molecule has 1 aliphatic carbocycles. The Balaban J connectivity index is 1.49. The second-order valence-electron chi connectivity index (χ2n) is 7.31. The van der Waals surface area contributed by atoms with Gasteiger partial charge < -0.3 is 5.32 Å². The second kappa shape index (κ2) is 9.33. The summed E-state index contributed by atoms with van der Waals surface area (Å²) >= 11 is 1.32. The maximum Gasteiger partial charge on any atom is 0.282 e. The van der Waals surface area contributed by atoms with Crippen LogP contribution in [0, 0.1) is 11.3 Å². The van der Waals surface area contributed by atoms with Gasteiger partial charge in [0.15, 0.2) is 0 Å². The van der Waals surface area contributed by atoms with Crippen molar-refractivity contribution in [2.24, 2.45) is 0 Å². The number of nitrogens with one attached hydrogen (secondary N) is 1. The molecule has 1 aromatic heterocycles. The third-order valence-electron chi connectivity index (χ3n) is 5.52. The average molecular weight is 426 g/mol. The first kappa shape index (κ1) is 21.2. The molecule has 0 radical (unpaired) electrons. The van der Waals surface area contributed by atoms with E-state index in [0.717, 1.165) is 25.7 Å². The number of amides is 1. The first-order chi connectivity index (χ1) is 13.4. The van der Waals surface area contributed by atoms with Crippen molar-refractivity contribution >= 4 is 32.5 Å². The number of carbonyl (C=O) groups excluding carboxylic acids is 1. The number of piperazine rings is 1. The number of anilines is 1. The molecule has 2 fully saturated rings. The molecule has 1 N–H and O–H groups in total. The molecule has 28 heavy (non-hydrogen) atoms. The maximum atomic E-state index is 12.9. The van der Waals surface area contributed by atoms with E-state index in [-0.39, 0.29) is 18.5 Å². The Morgan fingerprint density at radius 3 is 2.61 bits per heavy atom. The van der Waals surface area contributed by atoms with Crippen LogP contribution in [0.4, 0.5) is 5.00 Å². The molecule has 0 bridgehead atoms. The normalized spacial score (nSPS) is 20.2. The SMILES string of the molecule is CN(C1CCCCC1)S(=O)(=O)N1CCN(CC(=O)Nc2sccc2C#N)CC1. The molecule has 8 nitrogen and oxygen atoms in total. The van der Waals surface area contributed by atoms with Crippen LogP contribution in [0.25, 0.3) is 0 Å². The number of carbonyl (C=O) groups is 1. The number of thiophene rings is 1. The van der Waals surface area contributed by atoms with Crippen LogP contribution in [0.15, 0.2) is 11.4 Å². The number of nitrogens with zero attached hydrogens (tertiary/aromatic N) is 4. The van der Waals surface area contributed by atoms with Gasteiger partial charge in [0.25, 0.3) is 10.2 Å². The monoisotopic (exact) mass is 425 g/mol. The molecule has 1 aromatic rings. The Labute approximate surface area is 170 Å². The summed E-state index contributed by atoms with van der Waals surface area (Å²) in [5.74, 6) is -0.186. The van der Waals surface area contributed by atoms with Gasteiger partial charge in [-0.25, -0.2) is 0 Å². The minimum Gasteiger partial charge on any atom is -0.315 e. The van der Waals surface area contributed by atoms with Gasteiger partial charge in [-0.3, -0.25) is 9.69 Å². The summed E-state index contributed by atoms with van der Waals surface area (Å²) in [6.45, 7) is 1.99. The summed E-state index contributed by atoms with van der Waals surface area (Å²) in [6.07, 6.45) is 5.23. The molecule has 2 aliphatic rings. The van der Waals surface area contributed by atoms with Gasteiger partial charge in [-0.05, 0) is 24.3 Å². The van der Waals surface area contributed by atoms with Gasteiger partial charge in [0.1, 0.15) is 11.1 Å². The lowest BCUT2D eigenvalue weighted by Crippen LogP contribution is -2.55. The number of hydrogen-bond acceptors (Lipinski definition) is 6. The number of hydrogen-bond donors (Lipinski definition) is 1. The molecule has 1 saturated heterocycles. The van der Waals surface area contributed by atoms with E-state index in [4.69, 9.17) is 5.26 Å². The van der Waals surface area contributed by atoms with Crippen molar-refractivity contribution in [1.29, 1.82) is 5.26 Å². The van der Waals surface area contributed by atoms with Gasteiger partial charge in [0.2, 0.25) is 5.91 Å². The Hall–Kier alpha value is -1.51. The quantitative estimate of drug-likeness (QED) is 0.748. The fourth-order valence-electron chi connectivity index (χ4n) is 3.80. The van der Waals surface area contributed by atoms with Crippen LogP contribution in [0.2, 0.25) is 0 Å². The van der Waals surface area contributed by atoms with E-state index in [2.05, 4.69) is 5.32 Å². The largest absolute Gasteiger partial charge is 0.315 e. The predicted octanol–water partition coefficient (Wildman–Crippen LogP) is 1.69. The zero-order chi connectivity index (χ0) is 20.1. The van der Waals surface area contributed by atoms with Crippen LogP contribution in [0.1, 0.15) is 37.7 Å². The lowest BCUT2D eigenvalue weighted by molar-refractivity contribution is -0.117. The summed E-state index contributed by atoms with van der Waals surface area (Å²) in [5, 5.41) is 14.1. The van der Waals surface area contributed by atoms with Gasteiger partial charge in [0.05, 0.1) is 12.1 Å². The van der Waals surface area contributed by atoms with Crippen LogP contribution in [-0.4, -0.2) is 73.6 Å². The van der Waals surface area contributed by atoms with E-state index in [1.165, 1.54) is 22.1 Å². The highest BCUT2D eigenvalue weighted by Crippen LogP contribution is 2.25. The van der Waals surface area contributed by atoms with Crippen molar-refractivity contribution in [2.45, 2.75) is 38.1 Å². The van der Waals surface area contributed by atoms with Gasteiger partial charge in [-0.1, -0.05) is 19.3 Å². The topological polar surface area (TPSA) is 96.8 Å². The third kappa shape index (κ3) is 4.90. The molecule has 1 amide bonds. The van der Waals surface area contributed by atoms with E-state index < -0.39 is 10.2 Å². The van der Waals surface area contributed by atoms with Crippen molar-refractivity contribution in [3.8, 4) is 6.07 Å². The molecule has 0 unspecified atom stereocenters. The molecular formula is C18H27N5O3S2. The Kier molecular flexibility index (Phi) is 7.06. The molecule has 1 saturated carbocycles. The van der Waals surface area contributed by atoms with Crippen LogP contribution in [-0.2, 0) is 15.0 Å². The lowest BCUT2D eigenvalue weighted by atomic mass is 9.96. The average Bonchev–Trinajstić information content (AvgIpc) is 3.15. The molecule has 1 aliphatic heterocycles. The van der Waals surface area contributed by atoms with E-state index >= 15 is 0 Å². The van der Waals surface area contributed by atoms with E-state index in [1.807, 2.05) is 11.0 Å². The van der Waals surface area contributed by atoms with Crippen molar-refractivity contribution < 1.29 is 13.2 Å². The first-order valence-electron chi connectivity index (χ1n) is 9.64. The van der Waals surface area contributed by atoms with Crippen molar-refractivity contribution in [3.05, 3.63) is 17.0 Å². The van der Waals surface area contributed by atoms with Crippen LogP contribution in [0.5, 0.6) is 0 Å².